The number of fused-ring (bicyclic) bond motifs is 2. The van der Waals surface area contributed by atoms with Gasteiger partial charge in [0.25, 0.3) is 0 Å². The lowest BCUT2D eigenvalue weighted by Crippen LogP contribution is -2.35. The van der Waals surface area contributed by atoms with E-state index < -0.39 is 5.60 Å². The van der Waals surface area contributed by atoms with Crippen LogP contribution in [0.25, 0.3) is 0 Å². The second kappa shape index (κ2) is 2.37. The summed E-state index contributed by atoms with van der Waals surface area (Å²) in [5.41, 5.74) is -0.899. The van der Waals surface area contributed by atoms with Gasteiger partial charge in [-0.05, 0) is 31.6 Å². The fourth-order valence-electron chi connectivity index (χ4n) is 2.53. The number of aliphatic hydroxyl groups is 1. The van der Waals surface area contributed by atoms with E-state index in [4.69, 9.17) is 6.42 Å². The van der Waals surface area contributed by atoms with Crippen LogP contribution in [0.4, 0.5) is 0 Å². The fraction of sp³-hybridized carbons (Fsp3) is 0.636. The molecule has 4 atom stereocenters. The first-order chi connectivity index (χ1) is 5.63. The van der Waals surface area contributed by atoms with Gasteiger partial charge < -0.3 is 5.11 Å². The molecule has 0 heterocycles. The number of hydrogen-bond acceptors (Lipinski definition) is 1. The Morgan fingerprint density at radius 2 is 2.25 bits per heavy atom. The van der Waals surface area contributed by atoms with Gasteiger partial charge in [-0.25, -0.2) is 0 Å². The molecular weight excluding hydrogens is 148 g/mol. The predicted molar refractivity (Wildman–Crippen MR) is 48.3 cm³/mol. The first kappa shape index (κ1) is 7.89. The lowest BCUT2D eigenvalue weighted by Gasteiger charge is -2.29. The molecule has 1 fully saturated rings. The van der Waals surface area contributed by atoms with Gasteiger partial charge in [0.15, 0.2) is 0 Å². The SMILES string of the molecule is C#C[C@@](C)(O)[C@@H]1C[C@@H]2C=C[C@H]1C2. The molecule has 1 N–H and O–H groups in total. The predicted octanol–water partition coefficient (Wildman–Crippen LogP) is 1.58. The average Bonchev–Trinajstić information content (AvgIpc) is 2.64. The molecule has 1 saturated carbocycles. The molecular formula is C11H14O. The van der Waals surface area contributed by atoms with Crippen LogP contribution in [0.1, 0.15) is 19.8 Å². The third kappa shape index (κ3) is 0.990. The molecule has 1 nitrogen and oxygen atoms in total. The second-order valence-electron chi connectivity index (χ2n) is 4.18. The van der Waals surface area contributed by atoms with Gasteiger partial charge >= 0.3 is 0 Å². The van der Waals surface area contributed by atoms with Crippen LogP contribution in [0.5, 0.6) is 0 Å². The zero-order valence-electron chi connectivity index (χ0n) is 7.33. The normalized spacial score (nSPS) is 42.6. The lowest BCUT2D eigenvalue weighted by molar-refractivity contribution is 0.0434. The molecule has 2 bridgehead atoms. The maximum absolute atomic E-state index is 9.88. The minimum absolute atomic E-state index is 0.289. The molecule has 0 spiro atoms. The van der Waals surface area contributed by atoms with Crippen molar-refractivity contribution >= 4 is 0 Å². The molecule has 0 aromatic rings. The Kier molecular flexibility index (Phi) is 1.56. The van der Waals surface area contributed by atoms with Crippen molar-refractivity contribution in [1.82, 2.24) is 0 Å². The van der Waals surface area contributed by atoms with Crippen LogP contribution in [0.3, 0.4) is 0 Å². The van der Waals surface area contributed by atoms with E-state index in [1.807, 2.05) is 0 Å². The monoisotopic (exact) mass is 162 g/mol. The van der Waals surface area contributed by atoms with Crippen molar-refractivity contribution < 1.29 is 5.11 Å². The number of hydrogen-bond donors (Lipinski definition) is 1. The molecule has 64 valence electrons. The zero-order valence-corrected chi connectivity index (χ0v) is 7.33. The summed E-state index contributed by atoms with van der Waals surface area (Å²) in [6.45, 7) is 1.76. The molecule has 0 radical (unpaired) electrons. The van der Waals surface area contributed by atoms with Crippen molar-refractivity contribution in [2.45, 2.75) is 25.4 Å². The highest BCUT2D eigenvalue weighted by Gasteiger charge is 2.44. The van der Waals surface area contributed by atoms with Crippen LogP contribution in [0, 0.1) is 30.1 Å². The summed E-state index contributed by atoms with van der Waals surface area (Å²) in [5, 5.41) is 9.88. The summed E-state index contributed by atoms with van der Waals surface area (Å²) >= 11 is 0. The standard InChI is InChI=1S/C11H14O/c1-3-11(2,12)10-7-8-4-5-9(10)6-8/h1,4-5,8-10,12H,6-7H2,2H3/t8-,9+,10-,11-/m1/s1. The summed E-state index contributed by atoms with van der Waals surface area (Å²) in [6.07, 6.45) is 12.0. The Balaban J connectivity index is 2.19. The van der Waals surface area contributed by atoms with Gasteiger partial charge in [0, 0.05) is 5.92 Å². The van der Waals surface area contributed by atoms with Gasteiger partial charge in [0.05, 0.1) is 0 Å². The van der Waals surface area contributed by atoms with Gasteiger partial charge in [-0.3, -0.25) is 0 Å². The second-order valence-corrected chi connectivity index (χ2v) is 4.18. The molecule has 0 saturated heterocycles. The van der Waals surface area contributed by atoms with E-state index in [0.717, 1.165) is 6.42 Å². The van der Waals surface area contributed by atoms with Crippen molar-refractivity contribution in [3.63, 3.8) is 0 Å². The van der Waals surface area contributed by atoms with Crippen molar-refractivity contribution in [2.24, 2.45) is 17.8 Å². The van der Waals surface area contributed by atoms with Gasteiger partial charge in [-0.2, -0.15) is 0 Å². The molecule has 2 aliphatic rings. The van der Waals surface area contributed by atoms with E-state index in [1.165, 1.54) is 6.42 Å². The Morgan fingerprint density at radius 1 is 1.50 bits per heavy atom. The van der Waals surface area contributed by atoms with E-state index in [1.54, 1.807) is 6.92 Å². The van der Waals surface area contributed by atoms with Crippen molar-refractivity contribution in [3.05, 3.63) is 12.2 Å². The molecule has 2 aliphatic carbocycles. The minimum atomic E-state index is -0.899. The Hall–Kier alpha value is -0.740. The minimum Gasteiger partial charge on any atom is -0.378 e. The maximum atomic E-state index is 9.88. The molecule has 1 heteroatoms. The maximum Gasteiger partial charge on any atom is 0.125 e. The van der Waals surface area contributed by atoms with Gasteiger partial charge in [-0.15, -0.1) is 6.42 Å². The van der Waals surface area contributed by atoms with Gasteiger partial charge in [0.2, 0.25) is 0 Å². The molecule has 0 aliphatic heterocycles. The topological polar surface area (TPSA) is 20.2 Å². The third-order valence-electron chi connectivity index (χ3n) is 3.29. The summed E-state index contributed by atoms with van der Waals surface area (Å²) in [4.78, 5) is 0. The van der Waals surface area contributed by atoms with E-state index >= 15 is 0 Å². The largest absolute Gasteiger partial charge is 0.378 e. The smallest absolute Gasteiger partial charge is 0.125 e. The van der Waals surface area contributed by atoms with E-state index in [0.29, 0.717) is 11.8 Å². The molecule has 12 heavy (non-hydrogen) atoms. The highest BCUT2D eigenvalue weighted by Crippen LogP contribution is 2.47. The van der Waals surface area contributed by atoms with Crippen LogP contribution in [-0.2, 0) is 0 Å². The highest BCUT2D eigenvalue weighted by molar-refractivity contribution is 5.19. The van der Waals surface area contributed by atoms with Gasteiger partial charge in [-0.1, -0.05) is 18.1 Å². The van der Waals surface area contributed by atoms with E-state index in [9.17, 15) is 5.11 Å². The van der Waals surface area contributed by atoms with Crippen molar-refractivity contribution in [1.29, 1.82) is 0 Å². The molecule has 0 amide bonds. The Bertz CT molecular complexity index is 257. The molecule has 2 rings (SSSR count). The number of allylic oxidation sites excluding steroid dienone is 2. The summed E-state index contributed by atoms with van der Waals surface area (Å²) < 4.78 is 0. The first-order valence-electron chi connectivity index (χ1n) is 4.52. The molecule has 0 unspecified atom stereocenters. The van der Waals surface area contributed by atoms with Crippen LogP contribution in [0.15, 0.2) is 12.2 Å². The van der Waals surface area contributed by atoms with E-state index in [-0.39, 0.29) is 5.92 Å². The lowest BCUT2D eigenvalue weighted by atomic mass is 9.80. The molecule has 0 aromatic carbocycles. The van der Waals surface area contributed by atoms with Crippen molar-refractivity contribution in [2.75, 3.05) is 0 Å². The number of terminal acetylenes is 1. The van der Waals surface area contributed by atoms with E-state index in [2.05, 4.69) is 18.1 Å². The zero-order chi connectivity index (χ0) is 8.77. The number of rotatable bonds is 1. The average molecular weight is 162 g/mol. The summed E-state index contributed by atoms with van der Waals surface area (Å²) in [6, 6.07) is 0. The molecule has 0 aromatic heterocycles. The highest BCUT2D eigenvalue weighted by atomic mass is 16.3. The summed E-state index contributed by atoms with van der Waals surface area (Å²) in [5.74, 6) is 3.99. The van der Waals surface area contributed by atoms with Crippen LogP contribution in [0.2, 0.25) is 0 Å². The first-order valence-corrected chi connectivity index (χ1v) is 4.52. The van der Waals surface area contributed by atoms with Gasteiger partial charge in [0.1, 0.15) is 5.60 Å². The van der Waals surface area contributed by atoms with Crippen LogP contribution in [-0.4, -0.2) is 10.7 Å². The Labute approximate surface area is 73.5 Å². The van der Waals surface area contributed by atoms with Crippen LogP contribution < -0.4 is 0 Å². The fourth-order valence-corrected chi connectivity index (χ4v) is 2.53. The van der Waals surface area contributed by atoms with Crippen molar-refractivity contribution in [3.8, 4) is 12.3 Å². The summed E-state index contributed by atoms with van der Waals surface area (Å²) in [7, 11) is 0. The third-order valence-corrected chi connectivity index (χ3v) is 3.29. The van der Waals surface area contributed by atoms with Crippen LogP contribution >= 0.6 is 0 Å². The quantitative estimate of drug-likeness (QED) is 0.458. The Morgan fingerprint density at radius 3 is 2.67 bits per heavy atom.